The van der Waals surface area contributed by atoms with Crippen molar-refractivity contribution in [3.63, 3.8) is 0 Å². The maximum absolute atomic E-state index is 11.5. The summed E-state index contributed by atoms with van der Waals surface area (Å²) in [5.41, 5.74) is 0.698. The molecular weight excluding hydrogens is 178 g/mol. The summed E-state index contributed by atoms with van der Waals surface area (Å²) in [4.78, 5) is 11.5. The van der Waals surface area contributed by atoms with Gasteiger partial charge >= 0.3 is 6.09 Å². The van der Waals surface area contributed by atoms with Crippen molar-refractivity contribution < 1.29 is 9.53 Å². The zero-order chi connectivity index (χ0) is 10.8. The summed E-state index contributed by atoms with van der Waals surface area (Å²) >= 11 is 0. The van der Waals surface area contributed by atoms with E-state index in [2.05, 4.69) is 6.92 Å². The number of hydrogen-bond acceptors (Lipinski definition) is 2. The highest BCUT2D eigenvalue weighted by molar-refractivity contribution is 5.71. The lowest BCUT2D eigenvalue weighted by Crippen LogP contribution is -2.26. The monoisotopic (exact) mass is 195 g/mol. The standard InChI is InChI=1S/C11H17NO2/c1-5-9-6-7-12(8-9)10(13)14-11(2,3)4/h6-8H,5H2,1-4H3. The first kappa shape index (κ1) is 10.8. The van der Waals surface area contributed by atoms with Crippen LogP contribution >= 0.6 is 0 Å². The number of aromatic nitrogens is 1. The van der Waals surface area contributed by atoms with Crippen LogP contribution in [0.1, 0.15) is 33.3 Å². The molecule has 1 aromatic heterocycles. The molecule has 0 N–H and O–H groups in total. The topological polar surface area (TPSA) is 31.2 Å². The van der Waals surface area contributed by atoms with Crippen molar-refractivity contribution in [1.29, 1.82) is 0 Å². The molecule has 0 unspecified atom stereocenters. The van der Waals surface area contributed by atoms with Gasteiger partial charge in [-0.05, 0) is 38.8 Å². The third kappa shape index (κ3) is 2.91. The molecule has 0 bridgehead atoms. The molecule has 0 aliphatic carbocycles. The van der Waals surface area contributed by atoms with Gasteiger partial charge in [-0.1, -0.05) is 6.92 Å². The highest BCUT2D eigenvalue weighted by Gasteiger charge is 2.17. The van der Waals surface area contributed by atoms with Gasteiger partial charge < -0.3 is 4.74 Å². The number of carbonyl (C=O) groups excluding carboxylic acids is 1. The Morgan fingerprint density at radius 1 is 1.50 bits per heavy atom. The first-order valence-corrected chi connectivity index (χ1v) is 4.82. The number of ether oxygens (including phenoxy) is 1. The van der Waals surface area contributed by atoms with Gasteiger partial charge in [0.1, 0.15) is 5.60 Å². The molecule has 1 rings (SSSR count). The minimum atomic E-state index is -0.437. The van der Waals surface area contributed by atoms with Crippen molar-refractivity contribution in [3.8, 4) is 0 Å². The van der Waals surface area contributed by atoms with E-state index >= 15 is 0 Å². The van der Waals surface area contributed by atoms with Gasteiger partial charge in [0.25, 0.3) is 0 Å². The molecule has 1 aromatic rings. The smallest absolute Gasteiger partial charge is 0.418 e. The molecule has 0 saturated carbocycles. The Morgan fingerprint density at radius 3 is 2.57 bits per heavy atom. The maximum atomic E-state index is 11.5. The molecule has 0 radical (unpaired) electrons. The maximum Gasteiger partial charge on any atom is 0.418 e. The molecule has 0 fully saturated rings. The molecule has 3 heteroatoms. The minimum absolute atomic E-state index is 0.322. The largest absolute Gasteiger partial charge is 0.443 e. The third-order valence-corrected chi connectivity index (χ3v) is 1.77. The average Bonchev–Trinajstić information content (AvgIpc) is 2.48. The van der Waals surface area contributed by atoms with Crippen LogP contribution in [0, 0.1) is 0 Å². The number of hydrogen-bond donors (Lipinski definition) is 0. The van der Waals surface area contributed by atoms with E-state index in [-0.39, 0.29) is 6.09 Å². The Labute approximate surface area is 84.7 Å². The summed E-state index contributed by atoms with van der Waals surface area (Å²) in [6.07, 6.45) is 4.13. The molecule has 0 spiro atoms. The molecule has 1 heterocycles. The van der Waals surface area contributed by atoms with Crippen LogP contribution in [0.25, 0.3) is 0 Å². The third-order valence-electron chi connectivity index (χ3n) is 1.77. The van der Waals surface area contributed by atoms with E-state index in [4.69, 9.17) is 4.74 Å². The van der Waals surface area contributed by atoms with Crippen molar-refractivity contribution in [2.75, 3.05) is 0 Å². The Bertz CT molecular complexity index is 320. The van der Waals surface area contributed by atoms with Gasteiger partial charge in [-0.25, -0.2) is 4.79 Å². The molecule has 0 atom stereocenters. The van der Waals surface area contributed by atoms with Gasteiger partial charge in [0.15, 0.2) is 0 Å². The Kier molecular flexibility index (Phi) is 2.99. The predicted octanol–water partition coefficient (Wildman–Crippen LogP) is 2.83. The van der Waals surface area contributed by atoms with Gasteiger partial charge in [0.2, 0.25) is 0 Å². The number of aryl methyl sites for hydroxylation is 1. The van der Waals surface area contributed by atoms with Gasteiger partial charge in [0.05, 0.1) is 0 Å². The summed E-state index contributed by atoms with van der Waals surface area (Å²) in [6, 6.07) is 1.92. The molecule has 0 amide bonds. The second kappa shape index (κ2) is 3.86. The summed E-state index contributed by atoms with van der Waals surface area (Å²) in [5, 5.41) is 0. The molecule has 0 aliphatic rings. The van der Waals surface area contributed by atoms with Crippen LogP contribution in [-0.4, -0.2) is 16.3 Å². The predicted molar refractivity (Wildman–Crippen MR) is 55.4 cm³/mol. The first-order valence-electron chi connectivity index (χ1n) is 4.82. The van der Waals surface area contributed by atoms with Crippen LogP contribution in [0.4, 0.5) is 4.79 Å². The Balaban J connectivity index is 2.70. The summed E-state index contributed by atoms with van der Waals surface area (Å²) < 4.78 is 6.68. The summed E-state index contributed by atoms with van der Waals surface area (Å²) in [6.45, 7) is 7.62. The molecule has 14 heavy (non-hydrogen) atoms. The zero-order valence-electron chi connectivity index (χ0n) is 9.20. The molecular formula is C11H17NO2. The Morgan fingerprint density at radius 2 is 2.14 bits per heavy atom. The lowest BCUT2D eigenvalue weighted by Gasteiger charge is -2.19. The number of nitrogens with zero attached hydrogens (tertiary/aromatic N) is 1. The van der Waals surface area contributed by atoms with Crippen molar-refractivity contribution >= 4 is 6.09 Å². The lowest BCUT2D eigenvalue weighted by molar-refractivity contribution is 0.0537. The van der Waals surface area contributed by atoms with E-state index in [0.717, 1.165) is 12.0 Å². The molecule has 0 aliphatic heterocycles. The van der Waals surface area contributed by atoms with Crippen LogP contribution in [0.3, 0.4) is 0 Å². The second-order valence-corrected chi connectivity index (χ2v) is 4.26. The van der Waals surface area contributed by atoms with E-state index in [1.165, 1.54) is 4.57 Å². The van der Waals surface area contributed by atoms with Crippen LogP contribution in [-0.2, 0) is 11.2 Å². The van der Waals surface area contributed by atoms with Gasteiger partial charge in [-0.2, -0.15) is 0 Å². The lowest BCUT2D eigenvalue weighted by atomic mass is 10.2. The van der Waals surface area contributed by atoms with E-state index in [0.29, 0.717) is 0 Å². The molecule has 0 aromatic carbocycles. The molecule has 3 nitrogen and oxygen atoms in total. The molecule has 78 valence electrons. The number of rotatable bonds is 1. The van der Waals surface area contributed by atoms with Crippen molar-refractivity contribution in [1.82, 2.24) is 4.57 Å². The van der Waals surface area contributed by atoms with Crippen molar-refractivity contribution in [2.45, 2.75) is 39.7 Å². The van der Waals surface area contributed by atoms with Gasteiger partial charge in [-0.15, -0.1) is 0 Å². The average molecular weight is 195 g/mol. The quantitative estimate of drug-likeness (QED) is 0.690. The van der Waals surface area contributed by atoms with E-state index < -0.39 is 5.60 Å². The fourth-order valence-corrected chi connectivity index (χ4v) is 1.08. The SMILES string of the molecule is CCc1ccn(C(=O)OC(C)(C)C)c1. The van der Waals surface area contributed by atoms with E-state index in [1.54, 1.807) is 12.4 Å². The van der Waals surface area contributed by atoms with Crippen LogP contribution in [0.5, 0.6) is 0 Å². The van der Waals surface area contributed by atoms with E-state index in [9.17, 15) is 4.79 Å². The minimum Gasteiger partial charge on any atom is -0.443 e. The van der Waals surface area contributed by atoms with Gasteiger partial charge in [0, 0.05) is 12.4 Å². The summed E-state index contributed by atoms with van der Waals surface area (Å²) in [5.74, 6) is 0. The van der Waals surface area contributed by atoms with Crippen molar-refractivity contribution in [2.24, 2.45) is 0 Å². The van der Waals surface area contributed by atoms with Crippen LogP contribution in [0.2, 0.25) is 0 Å². The van der Waals surface area contributed by atoms with E-state index in [1.807, 2.05) is 26.8 Å². The fraction of sp³-hybridized carbons (Fsp3) is 0.545. The molecule has 0 saturated heterocycles. The van der Waals surface area contributed by atoms with Gasteiger partial charge in [-0.3, -0.25) is 4.57 Å². The number of carbonyl (C=O) groups is 1. The van der Waals surface area contributed by atoms with Crippen molar-refractivity contribution in [3.05, 3.63) is 24.0 Å². The first-order chi connectivity index (χ1) is 6.42. The highest BCUT2D eigenvalue weighted by Crippen LogP contribution is 2.10. The summed E-state index contributed by atoms with van der Waals surface area (Å²) in [7, 11) is 0. The normalized spacial score (nSPS) is 11.4. The van der Waals surface area contributed by atoms with Crippen LogP contribution < -0.4 is 0 Å². The Hall–Kier alpha value is -1.25. The fourth-order valence-electron chi connectivity index (χ4n) is 1.08. The highest BCUT2D eigenvalue weighted by atomic mass is 16.6. The second-order valence-electron chi connectivity index (χ2n) is 4.26. The van der Waals surface area contributed by atoms with Crippen LogP contribution in [0.15, 0.2) is 18.5 Å². The zero-order valence-corrected chi connectivity index (χ0v) is 9.20.